The molecule has 1 saturated heterocycles. The number of hydrogen-bond acceptors (Lipinski definition) is 6. The second-order valence-corrected chi connectivity index (χ2v) is 7.86. The van der Waals surface area contributed by atoms with Crippen molar-refractivity contribution in [3.63, 3.8) is 0 Å². The van der Waals surface area contributed by atoms with Gasteiger partial charge in [0.05, 0.1) is 6.54 Å². The standard InChI is InChI=1S/C20H21N3O5S/c1-13-5-7-14(8-6-13)20(2)18(26)23(19(27)22-20)11-17(25)28-12-16(24)21-10-15-4-3-9-29-15/h3-9H,10-12H2,1-2H3,(H,21,24)(H,22,27)/t20-/m1/s1. The van der Waals surface area contributed by atoms with Crippen LogP contribution in [0.3, 0.4) is 0 Å². The molecular weight excluding hydrogens is 394 g/mol. The van der Waals surface area contributed by atoms with Crippen molar-refractivity contribution in [1.29, 1.82) is 0 Å². The molecule has 3 rings (SSSR count). The molecule has 0 bridgehead atoms. The second-order valence-electron chi connectivity index (χ2n) is 6.83. The van der Waals surface area contributed by atoms with Gasteiger partial charge in [-0.25, -0.2) is 4.79 Å². The Labute approximate surface area is 171 Å². The van der Waals surface area contributed by atoms with Gasteiger partial charge in [0.15, 0.2) is 6.61 Å². The summed E-state index contributed by atoms with van der Waals surface area (Å²) in [5.41, 5.74) is 0.376. The van der Waals surface area contributed by atoms with E-state index in [1.807, 2.05) is 36.6 Å². The Kier molecular flexibility index (Phi) is 5.97. The molecule has 1 aliphatic rings. The van der Waals surface area contributed by atoms with E-state index in [-0.39, 0.29) is 0 Å². The Morgan fingerprint density at radius 3 is 2.59 bits per heavy atom. The van der Waals surface area contributed by atoms with Crippen LogP contribution in [0.25, 0.3) is 0 Å². The third-order valence-corrected chi connectivity index (χ3v) is 5.47. The summed E-state index contributed by atoms with van der Waals surface area (Å²) >= 11 is 1.50. The molecule has 4 amide bonds. The SMILES string of the molecule is Cc1ccc([C@@]2(C)NC(=O)N(CC(=O)OCC(=O)NCc3cccs3)C2=O)cc1. The van der Waals surface area contributed by atoms with Gasteiger partial charge in [-0.3, -0.25) is 19.3 Å². The summed E-state index contributed by atoms with van der Waals surface area (Å²) in [7, 11) is 0. The van der Waals surface area contributed by atoms with Crippen LogP contribution in [0.1, 0.15) is 22.9 Å². The Hall–Kier alpha value is -3.20. The molecule has 1 aliphatic heterocycles. The number of carbonyl (C=O) groups is 4. The number of carbonyl (C=O) groups excluding carboxylic acids is 4. The smallest absolute Gasteiger partial charge is 0.326 e. The van der Waals surface area contributed by atoms with E-state index in [4.69, 9.17) is 4.74 Å². The lowest BCUT2D eigenvalue weighted by molar-refractivity contribution is -0.151. The predicted molar refractivity (Wildman–Crippen MR) is 106 cm³/mol. The minimum absolute atomic E-state index is 0.343. The van der Waals surface area contributed by atoms with Crippen LogP contribution in [-0.2, 0) is 31.2 Å². The minimum atomic E-state index is -1.26. The van der Waals surface area contributed by atoms with Crippen LogP contribution in [0, 0.1) is 6.92 Å². The summed E-state index contributed by atoms with van der Waals surface area (Å²) in [6.07, 6.45) is 0. The van der Waals surface area contributed by atoms with E-state index >= 15 is 0 Å². The minimum Gasteiger partial charge on any atom is -0.454 e. The molecule has 0 saturated carbocycles. The van der Waals surface area contributed by atoms with E-state index in [2.05, 4.69) is 10.6 Å². The fourth-order valence-corrected chi connectivity index (χ4v) is 3.54. The van der Waals surface area contributed by atoms with E-state index < -0.39 is 42.5 Å². The molecule has 0 radical (unpaired) electrons. The molecular formula is C20H21N3O5S. The highest BCUT2D eigenvalue weighted by molar-refractivity contribution is 7.09. The lowest BCUT2D eigenvalue weighted by Gasteiger charge is -2.22. The Morgan fingerprint density at radius 2 is 1.93 bits per heavy atom. The molecule has 2 N–H and O–H groups in total. The number of ether oxygens (including phenoxy) is 1. The summed E-state index contributed by atoms with van der Waals surface area (Å²) in [6.45, 7) is 2.80. The molecule has 9 heteroatoms. The number of rotatable bonds is 7. The van der Waals surface area contributed by atoms with Gasteiger partial charge in [0.1, 0.15) is 12.1 Å². The van der Waals surface area contributed by atoms with Gasteiger partial charge in [-0.15, -0.1) is 11.3 Å². The summed E-state index contributed by atoms with van der Waals surface area (Å²) in [4.78, 5) is 50.6. The average Bonchev–Trinajstić information content (AvgIpc) is 3.28. The van der Waals surface area contributed by atoms with Crippen molar-refractivity contribution in [3.05, 3.63) is 57.8 Å². The number of thiophene rings is 1. The number of aryl methyl sites for hydroxylation is 1. The molecule has 2 aromatic rings. The van der Waals surface area contributed by atoms with Crippen LogP contribution in [-0.4, -0.2) is 41.9 Å². The maximum absolute atomic E-state index is 12.8. The molecule has 8 nitrogen and oxygen atoms in total. The zero-order valence-electron chi connectivity index (χ0n) is 16.1. The molecule has 1 fully saturated rings. The maximum atomic E-state index is 12.8. The van der Waals surface area contributed by atoms with Crippen molar-refractivity contribution < 1.29 is 23.9 Å². The van der Waals surface area contributed by atoms with Gasteiger partial charge >= 0.3 is 12.0 Å². The van der Waals surface area contributed by atoms with Crippen LogP contribution >= 0.6 is 11.3 Å². The number of esters is 1. The first-order valence-corrected chi connectivity index (χ1v) is 9.83. The molecule has 0 spiro atoms. The lowest BCUT2D eigenvalue weighted by Crippen LogP contribution is -2.42. The van der Waals surface area contributed by atoms with Gasteiger partial charge in [-0.05, 0) is 30.9 Å². The molecule has 2 heterocycles. The predicted octanol–water partition coefficient (Wildman–Crippen LogP) is 1.68. The fraction of sp³-hybridized carbons (Fsp3) is 0.300. The number of nitrogens with one attached hydrogen (secondary N) is 2. The quantitative estimate of drug-likeness (QED) is 0.529. The molecule has 29 heavy (non-hydrogen) atoms. The topological polar surface area (TPSA) is 105 Å². The van der Waals surface area contributed by atoms with Crippen LogP contribution < -0.4 is 10.6 Å². The van der Waals surface area contributed by atoms with Crippen molar-refractivity contribution >= 4 is 35.2 Å². The number of urea groups is 1. The van der Waals surface area contributed by atoms with Crippen LogP contribution in [0.5, 0.6) is 0 Å². The first-order chi connectivity index (χ1) is 13.8. The summed E-state index contributed by atoms with van der Waals surface area (Å²) in [6, 6.07) is 10.3. The van der Waals surface area contributed by atoms with Gasteiger partial charge in [0.2, 0.25) is 0 Å². The van der Waals surface area contributed by atoms with Crippen molar-refractivity contribution in [2.45, 2.75) is 25.9 Å². The largest absolute Gasteiger partial charge is 0.454 e. The second kappa shape index (κ2) is 8.44. The number of amides is 4. The zero-order chi connectivity index (χ0) is 21.0. The fourth-order valence-electron chi connectivity index (χ4n) is 2.89. The third kappa shape index (κ3) is 4.62. The normalized spacial score (nSPS) is 18.5. The highest BCUT2D eigenvalue weighted by Crippen LogP contribution is 2.28. The first kappa shape index (κ1) is 20.5. The summed E-state index contributed by atoms with van der Waals surface area (Å²) in [5.74, 6) is -1.85. The van der Waals surface area contributed by atoms with E-state index in [0.29, 0.717) is 12.1 Å². The molecule has 1 aromatic carbocycles. The molecule has 1 atom stereocenters. The highest BCUT2D eigenvalue weighted by atomic mass is 32.1. The third-order valence-electron chi connectivity index (χ3n) is 4.60. The van der Waals surface area contributed by atoms with Crippen LogP contribution in [0.2, 0.25) is 0 Å². The summed E-state index contributed by atoms with van der Waals surface area (Å²) < 4.78 is 4.90. The highest BCUT2D eigenvalue weighted by Gasteiger charge is 2.49. The van der Waals surface area contributed by atoms with Crippen molar-refractivity contribution in [2.75, 3.05) is 13.2 Å². The van der Waals surface area contributed by atoms with Crippen LogP contribution in [0.15, 0.2) is 41.8 Å². The van der Waals surface area contributed by atoms with Crippen molar-refractivity contribution in [3.8, 4) is 0 Å². The van der Waals surface area contributed by atoms with E-state index in [1.165, 1.54) is 11.3 Å². The molecule has 1 aromatic heterocycles. The summed E-state index contributed by atoms with van der Waals surface area (Å²) in [5, 5.41) is 7.14. The number of benzene rings is 1. The zero-order valence-corrected chi connectivity index (χ0v) is 16.9. The van der Waals surface area contributed by atoms with Gasteiger partial charge in [-0.1, -0.05) is 35.9 Å². The lowest BCUT2D eigenvalue weighted by atomic mass is 9.91. The van der Waals surface area contributed by atoms with Gasteiger partial charge in [0, 0.05) is 4.88 Å². The van der Waals surface area contributed by atoms with Crippen LogP contribution in [0.4, 0.5) is 4.79 Å². The van der Waals surface area contributed by atoms with Crippen molar-refractivity contribution in [1.82, 2.24) is 15.5 Å². The first-order valence-electron chi connectivity index (χ1n) is 8.95. The Bertz CT molecular complexity index is 926. The molecule has 0 unspecified atom stereocenters. The molecule has 152 valence electrons. The number of hydrogen-bond donors (Lipinski definition) is 2. The average molecular weight is 415 g/mol. The van der Waals surface area contributed by atoms with Gasteiger partial charge in [-0.2, -0.15) is 0 Å². The van der Waals surface area contributed by atoms with E-state index in [9.17, 15) is 19.2 Å². The monoisotopic (exact) mass is 415 g/mol. The Morgan fingerprint density at radius 1 is 1.21 bits per heavy atom. The van der Waals surface area contributed by atoms with E-state index in [1.54, 1.807) is 19.1 Å². The maximum Gasteiger partial charge on any atom is 0.326 e. The van der Waals surface area contributed by atoms with Gasteiger partial charge < -0.3 is 15.4 Å². The van der Waals surface area contributed by atoms with Gasteiger partial charge in [0.25, 0.3) is 11.8 Å². The number of nitrogens with zero attached hydrogens (tertiary/aromatic N) is 1. The Balaban J connectivity index is 1.53. The van der Waals surface area contributed by atoms with E-state index in [0.717, 1.165) is 15.3 Å². The molecule has 0 aliphatic carbocycles. The number of imide groups is 1. The van der Waals surface area contributed by atoms with Crippen molar-refractivity contribution in [2.24, 2.45) is 0 Å².